The Morgan fingerprint density at radius 1 is 0.330 bits per heavy atom. The average Bonchev–Trinajstić information content (AvgIpc) is 0.908. The lowest BCUT2D eigenvalue weighted by Crippen LogP contribution is -2.36. The highest BCUT2D eigenvalue weighted by atomic mass is 33.5. The Bertz CT molecular complexity index is 3680. The number of benzene rings is 2. The smallest absolute Gasteiger partial charge is 0.126 e. The minimum atomic E-state index is 0.0255. The van der Waals surface area contributed by atoms with E-state index in [1.54, 1.807) is 222 Å². The molecule has 0 aliphatic carbocycles. The Hall–Kier alpha value is 5.30. The van der Waals surface area contributed by atoms with E-state index in [2.05, 4.69) is 121 Å². The zero-order valence-electron chi connectivity index (χ0n) is 54.6. The molecule has 0 bridgehead atoms. The van der Waals surface area contributed by atoms with Crippen molar-refractivity contribution in [1.29, 1.82) is 0 Å². The molecular formula is C56H96O2S33. The molecular weight excluding hydrogens is 1760 g/mol. The van der Waals surface area contributed by atoms with Crippen LogP contribution in [0.5, 0.6) is 11.5 Å². The molecule has 2 aliphatic rings. The van der Waals surface area contributed by atoms with Crippen molar-refractivity contribution in [2.45, 2.75) is 249 Å². The monoisotopic (exact) mass is 1860 g/mol. The third kappa shape index (κ3) is 53.7. The number of hydrogen-bond acceptors (Lipinski definition) is 6. The Morgan fingerprint density at radius 3 is 0.780 bits per heavy atom. The third-order valence-corrected chi connectivity index (χ3v) is 74.8. The van der Waals surface area contributed by atoms with Crippen LogP contribution in [0.4, 0.5) is 0 Å². The van der Waals surface area contributed by atoms with Gasteiger partial charge in [-0.05, 0) is 151 Å². The molecule has 0 N–H and O–H groups in total. The summed E-state index contributed by atoms with van der Waals surface area (Å²) >= 11 is 18.9. The molecule has 0 radical (unpaired) electrons. The lowest BCUT2D eigenvalue weighted by molar-refractivity contribution is 0.0513. The van der Waals surface area contributed by atoms with Gasteiger partial charge >= 0.3 is 0 Å². The second-order valence-electron chi connectivity index (χ2n) is 23.9. The Labute approximate surface area is 654 Å². The van der Waals surface area contributed by atoms with Crippen LogP contribution < -0.4 is 9.47 Å². The van der Waals surface area contributed by atoms with E-state index in [0.717, 1.165) is 48.3 Å². The van der Waals surface area contributed by atoms with Gasteiger partial charge in [-0.2, -0.15) is 0 Å². The summed E-state index contributed by atoms with van der Waals surface area (Å²) in [6.07, 6.45) is 29.2. The molecule has 0 fully saturated rings. The highest BCUT2D eigenvalue weighted by molar-refractivity contribution is 8.78. The molecule has 530 valence electrons. The van der Waals surface area contributed by atoms with Gasteiger partial charge in [-0.1, -0.05) is 181 Å². The van der Waals surface area contributed by atoms with E-state index >= 15 is 0 Å². The van der Waals surface area contributed by atoms with E-state index in [9.17, 15) is 0 Å². The number of rotatable bonds is 24. The molecule has 2 heterocycles. The standard InChI is InChI=1S/2C28H48O.S17.S16/c2*1-21(2)11-8-12-22(3)13-9-14-23(4)15-10-17-28(7)18-16-26-20-24(5)19-25(6)27(26)29-28;1-3-5-7-9-11-13-15-17-16-14-12-10-8-6-4-2;1-3-5-7-9-11-13-15-16-14-12-10-8-6-4-2/h2*19-23H,8-18H2,1-7H3;;/t2*22-,23-,28-;;/m11../s1. The van der Waals surface area contributed by atoms with Gasteiger partial charge in [-0.25, -0.2) is 0 Å². The molecule has 0 saturated carbocycles. The molecule has 0 spiro atoms. The van der Waals surface area contributed by atoms with Crippen molar-refractivity contribution in [3.8, 4) is 11.5 Å². The first-order chi connectivity index (χ1) is 43.7. The number of aryl methyl sites for hydroxylation is 6. The summed E-state index contributed by atoms with van der Waals surface area (Å²) in [5.74, 6) is 7.57. The molecule has 0 amide bonds. The normalized spacial score (nSPS) is 16.0. The summed E-state index contributed by atoms with van der Waals surface area (Å²) in [5.41, 5.74) is 8.21. The van der Waals surface area contributed by atoms with Gasteiger partial charge in [0.25, 0.3) is 0 Å². The maximum absolute atomic E-state index is 6.55. The predicted molar refractivity (Wildman–Crippen MR) is 499 cm³/mol. The van der Waals surface area contributed by atoms with Crippen LogP contribution in [0.15, 0.2) is 24.3 Å². The molecule has 6 atom stereocenters. The Morgan fingerprint density at radius 2 is 0.549 bits per heavy atom. The van der Waals surface area contributed by atoms with Crippen molar-refractivity contribution < 1.29 is 9.47 Å². The average molecular weight is 1860 g/mol. The topological polar surface area (TPSA) is 18.5 Å². The first kappa shape index (κ1) is 94.3. The largest absolute Gasteiger partial charge is 0.487 e. The minimum absolute atomic E-state index is 0.0255. The third-order valence-electron chi connectivity index (χ3n) is 14.8. The maximum Gasteiger partial charge on any atom is 0.126 e. The maximum atomic E-state index is 6.55. The van der Waals surface area contributed by atoms with Crippen molar-refractivity contribution in [3.05, 3.63) is 57.6 Å². The molecule has 35 heteroatoms. The Kier molecular flexibility index (Phi) is 64.9. The summed E-state index contributed by atoms with van der Waals surface area (Å²) in [6, 6.07) is 9.15. The van der Waals surface area contributed by atoms with Crippen LogP contribution in [-0.2, 0) is 315 Å². The van der Waals surface area contributed by atoms with Gasteiger partial charge in [-0.3, -0.25) is 0 Å². The van der Waals surface area contributed by atoms with Crippen LogP contribution in [0.25, 0.3) is 0 Å². The van der Waals surface area contributed by atoms with Crippen LogP contribution in [0.2, 0.25) is 0 Å². The van der Waals surface area contributed by atoms with Crippen LogP contribution in [0.1, 0.15) is 231 Å². The predicted octanol–water partition coefficient (Wildman–Crippen LogP) is 17.6. The molecule has 2 aromatic carbocycles. The minimum Gasteiger partial charge on any atom is -0.487 e. The second-order valence-corrected chi connectivity index (χ2v) is 75.2. The lowest BCUT2D eigenvalue weighted by Gasteiger charge is -2.37. The molecule has 91 heavy (non-hydrogen) atoms. The van der Waals surface area contributed by atoms with E-state index in [0.29, 0.717) is 0 Å². The van der Waals surface area contributed by atoms with Gasteiger partial charge in [0.2, 0.25) is 0 Å². The number of hydrogen-bond donors (Lipinski definition) is 0. The van der Waals surface area contributed by atoms with Crippen molar-refractivity contribution in [3.63, 3.8) is 0 Å². The fourth-order valence-electron chi connectivity index (χ4n) is 10.4. The van der Waals surface area contributed by atoms with Gasteiger partial charge < -0.3 is 9.47 Å². The highest BCUT2D eigenvalue weighted by Gasteiger charge is 2.33. The summed E-state index contributed by atoms with van der Waals surface area (Å²) in [7, 11) is 48.9. The van der Waals surface area contributed by atoms with Crippen molar-refractivity contribution >= 4 is 302 Å². The lowest BCUT2D eigenvalue weighted by atomic mass is 9.85. The van der Waals surface area contributed by atoms with Crippen LogP contribution in [-0.4, -0.2) is 11.2 Å². The van der Waals surface area contributed by atoms with E-state index < -0.39 is 0 Å². The van der Waals surface area contributed by atoms with E-state index in [4.69, 9.17) is 54.2 Å². The molecule has 0 saturated heterocycles. The highest BCUT2D eigenvalue weighted by Crippen LogP contribution is 2.41. The SMILES string of the molecule is Cc1cc(C)c2c(c1)CC[C@@](C)(CCC[C@H](C)CCC[C@H](C)CCCC(C)C)O2.Cc1cc(C)c2c(c1)CC[C@@](C)(CCC[C@H](C)CCC[C@H](C)CCCC(C)C)O2.S=S=S=S=S=S=S=S=S=S=S=S=S=S=S=S.S=S=S=S=S=S=S=S=S=S=S=S=S=S=S=S=S. The number of ether oxygens (including phenoxy) is 2. The van der Waals surface area contributed by atoms with E-state index in [-0.39, 0.29) is 11.2 Å². The molecule has 2 nitrogen and oxygen atoms in total. The quantitative estimate of drug-likeness (QED) is 0.104. The molecule has 2 aromatic rings. The molecule has 0 unspecified atom stereocenters. The molecule has 4 rings (SSSR count). The first-order valence-electron chi connectivity index (χ1n) is 30.1. The van der Waals surface area contributed by atoms with Crippen molar-refractivity contribution in [2.75, 3.05) is 0 Å². The first-order valence-corrected chi connectivity index (χ1v) is 71.4. The van der Waals surface area contributed by atoms with Crippen molar-refractivity contribution in [1.82, 2.24) is 0 Å². The van der Waals surface area contributed by atoms with Gasteiger partial charge in [-0.15, -0.1) is 0 Å². The fourth-order valence-corrected chi connectivity index (χ4v) is 79.0. The summed E-state index contributed by atoms with van der Waals surface area (Å²) < 4.78 is 13.1. The van der Waals surface area contributed by atoms with Gasteiger partial charge in [0.05, 0.1) is 0 Å². The summed E-state index contributed by atoms with van der Waals surface area (Å²) in [5, 5.41) is 0. The Balaban J connectivity index is 0.000000630. The van der Waals surface area contributed by atoms with E-state index in [1.165, 1.54) is 209 Å². The molecule has 0 aromatic heterocycles. The zero-order chi connectivity index (χ0) is 67.4. The van der Waals surface area contributed by atoms with Gasteiger partial charge in [0.1, 0.15) is 22.7 Å². The fraction of sp³-hybridized carbons (Fsp3) is 0.786. The van der Waals surface area contributed by atoms with E-state index in [1.807, 2.05) is 0 Å². The van der Waals surface area contributed by atoms with Crippen LogP contribution >= 0.6 is 0 Å². The zero-order valence-corrected chi connectivity index (χ0v) is 81.6. The summed E-state index contributed by atoms with van der Waals surface area (Å²) in [6.45, 7) is 32.6. The van der Waals surface area contributed by atoms with Crippen LogP contribution in [0.3, 0.4) is 0 Å². The van der Waals surface area contributed by atoms with Gasteiger partial charge in [0.15, 0.2) is 0 Å². The van der Waals surface area contributed by atoms with Crippen LogP contribution in [0, 0.1) is 63.2 Å². The number of fused-ring (bicyclic) bond motifs is 2. The second kappa shape index (κ2) is 62.7. The van der Waals surface area contributed by atoms with Crippen molar-refractivity contribution in [2.24, 2.45) is 35.5 Å². The van der Waals surface area contributed by atoms with Gasteiger partial charge in [0, 0.05) is 302 Å². The molecule has 2 aliphatic heterocycles. The summed E-state index contributed by atoms with van der Waals surface area (Å²) in [4.78, 5) is 0.